The van der Waals surface area contributed by atoms with Gasteiger partial charge in [-0.05, 0) is 17.7 Å². The van der Waals surface area contributed by atoms with Gasteiger partial charge < -0.3 is 0 Å². The van der Waals surface area contributed by atoms with E-state index in [9.17, 15) is 13.2 Å². The number of carbonyl (C=O) groups is 1. The van der Waals surface area contributed by atoms with Crippen molar-refractivity contribution in [2.24, 2.45) is 5.92 Å². The van der Waals surface area contributed by atoms with Crippen molar-refractivity contribution in [2.45, 2.75) is 13.5 Å². The summed E-state index contributed by atoms with van der Waals surface area (Å²) in [4.78, 5) is 11.7. The summed E-state index contributed by atoms with van der Waals surface area (Å²) in [5, 5.41) is 0.527. The molecule has 0 aromatic heterocycles. The second kappa shape index (κ2) is 4.31. The van der Waals surface area contributed by atoms with Gasteiger partial charge in [-0.2, -0.15) is 0 Å². The highest BCUT2D eigenvalue weighted by Crippen LogP contribution is 2.23. The van der Waals surface area contributed by atoms with E-state index >= 15 is 0 Å². The van der Waals surface area contributed by atoms with Gasteiger partial charge >= 0.3 is 0 Å². The average molecular weight is 274 g/mol. The minimum Gasteiger partial charge on any atom is -0.273 e. The molecule has 6 heteroatoms. The van der Waals surface area contributed by atoms with Crippen LogP contribution in [0.15, 0.2) is 24.3 Å². The number of benzene rings is 1. The third-order valence-corrected chi connectivity index (χ3v) is 4.82. The maximum atomic E-state index is 11.7. The van der Waals surface area contributed by atoms with Crippen LogP contribution in [0.3, 0.4) is 0 Å². The number of hydrogen-bond donors (Lipinski definition) is 0. The highest BCUT2D eigenvalue weighted by atomic mass is 35.5. The number of hydrogen-bond acceptors (Lipinski definition) is 3. The Balaban J connectivity index is 2.27. The summed E-state index contributed by atoms with van der Waals surface area (Å²) in [7, 11) is -3.46. The number of amides is 1. The Morgan fingerprint density at radius 1 is 1.47 bits per heavy atom. The zero-order valence-electron chi connectivity index (χ0n) is 9.26. The highest BCUT2D eigenvalue weighted by molar-refractivity contribution is 7.90. The van der Waals surface area contributed by atoms with Gasteiger partial charge in [-0.3, -0.25) is 4.79 Å². The first-order valence-corrected chi connectivity index (χ1v) is 7.17. The molecule has 1 aromatic carbocycles. The fourth-order valence-electron chi connectivity index (χ4n) is 1.84. The lowest BCUT2D eigenvalue weighted by Gasteiger charge is -2.15. The number of nitrogens with zero attached hydrogens (tertiary/aromatic N) is 1. The van der Waals surface area contributed by atoms with E-state index < -0.39 is 15.9 Å². The summed E-state index contributed by atoms with van der Waals surface area (Å²) < 4.78 is 24.4. The lowest BCUT2D eigenvalue weighted by atomic mass is 10.2. The Morgan fingerprint density at radius 3 is 2.71 bits per heavy atom. The Labute approximate surface area is 105 Å². The predicted molar refractivity (Wildman–Crippen MR) is 65.0 cm³/mol. The maximum absolute atomic E-state index is 11.7. The van der Waals surface area contributed by atoms with Gasteiger partial charge in [0.15, 0.2) is 0 Å². The molecule has 1 aromatic rings. The van der Waals surface area contributed by atoms with Crippen molar-refractivity contribution in [3.05, 3.63) is 34.9 Å². The second-order valence-electron chi connectivity index (χ2n) is 4.15. The molecule has 17 heavy (non-hydrogen) atoms. The summed E-state index contributed by atoms with van der Waals surface area (Å²) in [6.07, 6.45) is 0. The van der Waals surface area contributed by atoms with E-state index in [1.807, 2.05) is 0 Å². The van der Waals surface area contributed by atoms with E-state index in [2.05, 4.69) is 0 Å². The summed E-state index contributed by atoms with van der Waals surface area (Å²) in [5.74, 6) is -0.906. The predicted octanol–water partition coefficient (Wildman–Crippen LogP) is 1.65. The summed E-state index contributed by atoms with van der Waals surface area (Å²) in [6.45, 7) is 1.68. The zero-order valence-corrected chi connectivity index (χ0v) is 10.8. The minimum absolute atomic E-state index is 0.0616. The lowest BCUT2D eigenvalue weighted by molar-refractivity contribution is -0.128. The first-order valence-electron chi connectivity index (χ1n) is 5.19. The summed E-state index contributed by atoms with van der Waals surface area (Å²) in [6, 6.07) is 6.84. The van der Waals surface area contributed by atoms with Crippen LogP contribution >= 0.6 is 11.6 Å². The Morgan fingerprint density at radius 2 is 2.18 bits per heavy atom. The maximum Gasteiger partial charge on any atom is 0.240 e. The third kappa shape index (κ3) is 2.45. The summed E-state index contributed by atoms with van der Waals surface area (Å²) >= 11 is 5.81. The van der Waals surface area contributed by atoms with Crippen molar-refractivity contribution >= 4 is 27.5 Å². The van der Waals surface area contributed by atoms with Crippen molar-refractivity contribution in [3.63, 3.8) is 0 Å². The third-order valence-electron chi connectivity index (χ3n) is 2.68. The van der Waals surface area contributed by atoms with Crippen LogP contribution < -0.4 is 0 Å². The number of carbonyl (C=O) groups excluding carboxylic acids is 1. The van der Waals surface area contributed by atoms with E-state index in [0.29, 0.717) is 10.6 Å². The molecule has 1 aliphatic heterocycles. The van der Waals surface area contributed by atoms with Gasteiger partial charge in [0.25, 0.3) is 0 Å². The van der Waals surface area contributed by atoms with E-state index in [1.54, 1.807) is 31.2 Å². The van der Waals surface area contributed by atoms with Crippen LogP contribution in [0.4, 0.5) is 0 Å². The van der Waals surface area contributed by atoms with Gasteiger partial charge in [0, 0.05) is 5.02 Å². The highest BCUT2D eigenvalue weighted by Gasteiger charge is 2.40. The van der Waals surface area contributed by atoms with Gasteiger partial charge in [-0.25, -0.2) is 12.7 Å². The Kier molecular flexibility index (Phi) is 3.14. The van der Waals surface area contributed by atoms with Crippen LogP contribution in [0.25, 0.3) is 0 Å². The van der Waals surface area contributed by atoms with Crippen LogP contribution in [0.1, 0.15) is 12.5 Å². The van der Waals surface area contributed by atoms with Crippen molar-refractivity contribution in [1.82, 2.24) is 4.31 Å². The van der Waals surface area contributed by atoms with Crippen molar-refractivity contribution in [1.29, 1.82) is 0 Å². The standard InChI is InChI=1S/C11H12ClNO3S/c1-8-7-17(15,16)13(11(8)14)6-9-3-2-4-10(12)5-9/h2-5,8H,6-7H2,1H3. The lowest BCUT2D eigenvalue weighted by Crippen LogP contribution is -2.29. The van der Waals surface area contributed by atoms with Crippen LogP contribution in [0.2, 0.25) is 5.02 Å². The SMILES string of the molecule is CC1CS(=O)(=O)N(Cc2cccc(Cl)c2)C1=O. The molecule has 0 radical (unpaired) electrons. The monoisotopic (exact) mass is 273 g/mol. The molecule has 2 rings (SSSR count). The zero-order chi connectivity index (χ0) is 12.6. The Bertz CT molecular complexity index is 556. The van der Waals surface area contributed by atoms with Gasteiger partial charge in [-0.1, -0.05) is 30.7 Å². The van der Waals surface area contributed by atoms with E-state index in [0.717, 1.165) is 4.31 Å². The number of sulfonamides is 1. The second-order valence-corrected chi connectivity index (χ2v) is 6.53. The fraction of sp³-hybridized carbons (Fsp3) is 0.364. The van der Waals surface area contributed by atoms with Crippen LogP contribution in [-0.4, -0.2) is 24.4 Å². The van der Waals surface area contributed by atoms with E-state index in [1.165, 1.54) is 0 Å². The molecule has 1 fully saturated rings. The van der Waals surface area contributed by atoms with E-state index in [-0.39, 0.29) is 18.2 Å². The van der Waals surface area contributed by atoms with E-state index in [4.69, 9.17) is 11.6 Å². The van der Waals surface area contributed by atoms with Crippen LogP contribution in [-0.2, 0) is 21.4 Å². The molecule has 0 N–H and O–H groups in total. The largest absolute Gasteiger partial charge is 0.273 e. The molecule has 1 heterocycles. The van der Waals surface area contributed by atoms with Crippen molar-refractivity contribution < 1.29 is 13.2 Å². The minimum atomic E-state index is -3.46. The molecule has 92 valence electrons. The van der Waals surface area contributed by atoms with Gasteiger partial charge in [0.05, 0.1) is 18.2 Å². The van der Waals surface area contributed by atoms with Gasteiger partial charge in [0.1, 0.15) is 0 Å². The molecular formula is C11H12ClNO3S. The number of rotatable bonds is 2. The fourth-order valence-corrected chi connectivity index (χ4v) is 3.80. The topological polar surface area (TPSA) is 54.5 Å². The first-order chi connectivity index (χ1) is 7.90. The van der Waals surface area contributed by atoms with Crippen molar-refractivity contribution in [3.8, 4) is 0 Å². The molecule has 1 unspecified atom stereocenters. The molecule has 0 aliphatic carbocycles. The molecule has 1 atom stereocenters. The van der Waals surface area contributed by atoms with Crippen LogP contribution in [0, 0.1) is 5.92 Å². The van der Waals surface area contributed by atoms with Crippen LogP contribution in [0.5, 0.6) is 0 Å². The first kappa shape index (κ1) is 12.4. The van der Waals surface area contributed by atoms with Crippen molar-refractivity contribution in [2.75, 3.05) is 5.75 Å². The van der Waals surface area contributed by atoms with Gasteiger partial charge in [-0.15, -0.1) is 0 Å². The quantitative estimate of drug-likeness (QED) is 0.823. The molecule has 0 saturated carbocycles. The molecule has 0 spiro atoms. The molecular weight excluding hydrogens is 262 g/mol. The smallest absolute Gasteiger partial charge is 0.240 e. The molecule has 0 bridgehead atoms. The molecule has 4 nitrogen and oxygen atoms in total. The molecule has 1 amide bonds. The molecule has 1 saturated heterocycles. The van der Waals surface area contributed by atoms with Gasteiger partial charge in [0.2, 0.25) is 15.9 Å². The normalized spacial score (nSPS) is 23.1. The molecule has 1 aliphatic rings. The number of halogens is 1. The average Bonchev–Trinajstić information content (AvgIpc) is 2.41. The summed E-state index contributed by atoms with van der Waals surface area (Å²) in [5.41, 5.74) is 0.712. The Hall–Kier alpha value is -1.07.